The summed E-state index contributed by atoms with van der Waals surface area (Å²) < 4.78 is 0. The summed E-state index contributed by atoms with van der Waals surface area (Å²) in [7, 11) is 0. The van der Waals surface area contributed by atoms with Crippen LogP contribution in [0.25, 0.3) is 0 Å². The summed E-state index contributed by atoms with van der Waals surface area (Å²) in [6, 6.07) is 0. The van der Waals surface area contributed by atoms with Gasteiger partial charge in [0.15, 0.2) is 0 Å². The molecular weight excluding hydrogens is 284 g/mol. The molecule has 4 aliphatic carbocycles. The zero-order valence-corrected chi connectivity index (χ0v) is 14.9. The molecule has 2 unspecified atom stereocenters. The molecule has 2 heteroatoms. The average molecular weight is 316 g/mol. The molecule has 0 spiro atoms. The highest BCUT2D eigenvalue weighted by molar-refractivity contribution is 5.38. The Morgan fingerprint density at radius 1 is 1.04 bits per heavy atom. The summed E-state index contributed by atoms with van der Waals surface area (Å²) in [6.07, 6.45) is 12.3. The van der Waals surface area contributed by atoms with Crippen molar-refractivity contribution in [2.45, 2.75) is 77.9 Å². The van der Waals surface area contributed by atoms with Gasteiger partial charge in [-0.25, -0.2) is 0 Å². The van der Waals surface area contributed by atoms with Crippen molar-refractivity contribution in [2.75, 3.05) is 0 Å². The summed E-state index contributed by atoms with van der Waals surface area (Å²) in [5.41, 5.74) is 3.71. The van der Waals surface area contributed by atoms with Crippen molar-refractivity contribution in [1.29, 1.82) is 0 Å². The maximum Gasteiger partial charge on any atom is 0.0578 e. The third-order valence-electron chi connectivity index (χ3n) is 8.20. The molecule has 2 nitrogen and oxygen atoms in total. The molecule has 0 aromatic carbocycles. The first-order valence-corrected chi connectivity index (χ1v) is 9.63. The van der Waals surface area contributed by atoms with E-state index in [4.69, 9.17) is 0 Å². The van der Waals surface area contributed by atoms with E-state index >= 15 is 0 Å². The second-order valence-electron chi connectivity index (χ2n) is 9.25. The molecule has 23 heavy (non-hydrogen) atoms. The molecule has 3 saturated carbocycles. The van der Waals surface area contributed by atoms with E-state index in [1.807, 2.05) is 6.92 Å². The van der Waals surface area contributed by atoms with Crippen molar-refractivity contribution < 1.29 is 10.2 Å². The fraction of sp³-hybridized carbons (Fsp3) is 0.810. The quantitative estimate of drug-likeness (QED) is 0.760. The Kier molecular flexibility index (Phi) is 3.59. The molecule has 4 aliphatic rings. The van der Waals surface area contributed by atoms with Crippen LogP contribution in [-0.2, 0) is 0 Å². The fourth-order valence-electron chi connectivity index (χ4n) is 6.82. The molecule has 4 rings (SSSR count). The molecule has 128 valence electrons. The molecule has 0 bridgehead atoms. The minimum Gasteiger partial charge on any atom is -0.393 e. The van der Waals surface area contributed by atoms with Gasteiger partial charge in [0.05, 0.1) is 12.2 Å². The standard InChI is InChI=1S/C21H32O2/c1-13(22)17-6-7-18-16-5-4-14-12-15(23)8-10-20(14,2)19(16)9-11-21(17,18)3/h4-5,13,15,17-19,22-23H,6-12H2,1-3H3/t13?,15?,17-,18+,19+,20+,21-/m1/s1. The van der Waals surface area contributed by atoms with Gasteiger partial charge in [-0.1, -0.05) is 37.1 Å². The Labute approximate surface area is 140 Å². The van der Waals surface area contributed by atoms with Crippen molar-refractivity contribution in [3.8, 4) is 0 Å². The number of aliphatic hydroxyl groups is 2. The lowest BCUT2D eigenvalue weighted by molar-refractivity contribution is 0.00425. The predicted molar refractivity (Wildman–Crippen MR) is 92.9 cm³/mol. The number of aliphatic hydroxyl groups excluding tert-OH is 2. The minimum atomic E-state index is -0.183. The van der Waals surface area contributed by atoms with Crippen LogP contribution in [0.5, 0.6) is 0 Å². The van der Waals surface area contributed by atoms with Crippen molar-refractivity contribution in [1.82, 2.24) is 0 Å². The highest BCUT2D eigenvalue weighted by Gasteiger charge is 2.56. The first kappa shape index (κ1) is 15.9. The normalized spacial score (nSPS) is 50.3. The molecule has 3 fully saturated rings. The third-order valence-corrected chi connectivity index (χ3v) is 8.20. The highest BCUT2D eigenvalue weighted by Crippen LogP contribution is 2.65. The number of allylic oxidation sites excluding steroid dienone is 3. The molecule has 7 atom stereocenters. The number of hydrogen-bond acceptors (Lipinski definition) is 2. The van der Waals surface area contributed by atoms with E-state index in [-0.39, 0.29) is 23.0 Å². The lowest BCUT2D eigenvalue weighted by Gasteiger charge is -2.55. The number of rotatable bonds is 1. The van der Waals surface area contributed by atoms with Gasteiger partial charge in [-0.15, -0.1) is 0 Å². The number of fused-ring (bicyclic) bond motifs is 5. The van der Waals surface area contributed by atoms with Crippen LogP contribution in [0.1, 0.15) is 65.7 Å². The van der Waals surface area contributed by atoms with Gasteiger partial charge in [0.2, 0.25) is 0 Å². The van der Waals surface area contributed by atoms with Crippen molar-refractivity contribution in [3.05, 3.63) is 23.3 Å². The molecule has 0 aromatic heterocycles. The first-order chi connectivity index (χ1) is 10.9. The van der Waals surface area contributed by atoms with Gasteiger partial charge in [-0.3, -0.25) is 0 Å². The Balaban J connectivity index is 1.71. The molecule has 0 aromatic rings. The summed E-state index contributed by atoms with van der Waals surface area (Å²) in [5.74, 6) is 1.78. The maximum absolute atomic E-state index is 10.3. The molecule has 0 amide bonds. The van der Waals surface area contributed by atoms with E-state index in [2.05, 4.69) is 26.0 Å². The molecule has 0 saturated heterocycles. The van der Waals surface area contributed by atoms with E-state index in [1.165, 1.54) is 31.3 Å². The smallest absolute Gasteiger partial charge is 0.0578 e. The van der Waals surface area contributed by atoms with Crippen molar-refractivity contribution in [2.24, 2.45) is 28.6 Å². The zero-order chi connectivity index (χ0) is 16.4. The van der Waals surface area contributed by atoms with Crippen LogP contribution in [0.2, 0.25) is 0 Å². The lowest BCUT2D eigenvalue weighted by Crippen LogP contribution is -2.47. The fourth-order valence-corrected chi connectivity index (χ4v) is 6.82. The van der Waals surface area contributed by atoms with Crippen LogP contribution < -0.4 is 0 Å². The minimum absolute atomic E-state index is 0.135. The van der Waals surface area contributed by atoms with E-state index in [9.17, 15) is 10.2 Å². The van der Waals surface area contributed by atoms with Crippen LogP contribution >= 0.6 is 0 Å². The predicted octanol–water partition coefficient (Wildman–Crippen LogP) is 4.23. The molecule has 0 heterocycles. The van der Waals surface area contributed by atoms with Gasteiger partial charge >= 0.3 is 0 Å². The summed E-state index contributed by atoms with van der Waals surface area (Å²) in [6.45, 7) is 6.87. The largest absolute Gasteiger partial charge is 0.393 e. The Morgan fingerprint density at radius 2 is 1.83 bits per heavy atom. The van der Waals surface area contributed by atoms with Gasteiger partial charge < -0.3 is 10.2 Å². The van der Waals surface area contributed by atoms with E-state index in [0.717, 1.165) is 19.3 Å². The van der Waals surface area contributed by atoms with Gasteiger partial charge in [0, 0.05) is 0 Å². The van der Waals surface area contributed by atoms with Crippen LogP contribution in [0, 0.1) is 28.6 Å². The lowest BCUT2D eigenvalue weighted by atomic mass is 9.50. The number of hydrogen-bond donors (Lipinski definition) is 2. The van der Waals surface area contributed by atoms with Gasteiger partial charge in [-0.2, -0.15) is 0 Å². The molecular formula is C21H32O2. The Morgan fingerprint density at radius 3 is 2.57 bits per heavy atom. The Hall–Kier alpha value is -0.600. The van der Waals surface area contributed by atoms with Gasteiger partial charge in [0.1, 0.15) is 0 Å². The second kappa shape index (κ2) is 5.20. The van der Waals surface area contributed by atoms with Gasteiger partial charge in [-0.05, 0) is 80.5 Å². The second-order valence-corrected chi connectivity index (χ2v) is 9.25. The van der Waals surface area contributed by atoms with Crippen LogP contribution in [-0.4, -0.2) is 22.4 Å². The van der Waals surface area contributed by atoms with Gasteiger partial charge in [0.25, 0.3) is 0 Å². The Bertz CT molecular complexity index is 560. The molecule has 0 radical (unpaired) electrons. The van der Waals surface area contributed by atoms with Crippen LogP contribution in [0.3, 0.4) is 0 Å². The molecule has 0 aliphatic heterocycles. The third kappa shape index (κ3) is 2.14. The monoisotopic (exact) mass is 316 g/mol. The van der Waals surface area contributed by atoms with Crippen molar-refractivity contribution in [3.63, 3.8) is 0 Å². The first-order valence-electron chi connectivity index (χ1n) is 9.63. The average Bonchev–Trinajstić information content (AvgIpc) is 2.85. The molecule has 2 N–H and O–H groups in total. The van der Waals surface area contributed by atoms with E-state index in [1.54, 1.807) is 5.57 Å². The topological polar surface area (TPSA) is 40.5 Å². The van der Waals surface area contributed by atoms with Crippen LogP contribution in [0.15, 0.2) is 23.3 Å². The van der Waals surface area contributed by atoms with E-state index in [0.29, 0.717) is 17.8 Å². The summed E-state index contributed by atoms with van der Waals surface area (Å²) >= 11 is 0. The maximum atomic E-state index is 10.3. The zero-order valence-electron chi connectivity index (χ0n) is 14.9. The van der Waals surface area contributed by atoms with Crippen LogP contribution in [0.4, 0.5) is 0 Å². The summed E-state index contributed by atoms with van der Waals surface area (Å²) in [5, 5.41) is 20.3. The van der Waals surface area contributed by atoms with Crippen molar-refractivity contribution >= 4 is 0 Å². The summed E-state index contributed by atoms with van der Waals surface area (Å²) in [4.78, 5) is 0. The van der Waals surface area contributed by atoms with E-state index < -0.39 is 0 Å². The SMILES string of the molecule is CC(O)[C@H]1CC[C@H]2C3=CC=C4CC(O)CC[C@]4(C)[C@H]3CC[C@]12C. The highest BCUT2D eigenvalue weighted by atomic mass is 16.3.